The number of rotatable bonds is 2. The van der Waals surface area contributed by atoms with E-state index in [2.05, 4.69) is 0 Å². The summed E-state index contributed by atoms with van der Waals surface area (Å²) in [5, 5.41) is 9.22. The first-order chi connectivity index (χ1) is 12.6. The van der Waals surface area contributed by atoms with E-state index in [1.165, 1.54) is 23.4 Å². The Labute approximate surface area is 148 Å². The van der Waals surface area contributed by atoms with Crippen molar-refractivity contribution < 1.29 is 19.1 Å². The minimum Gasteiger partial charge on any atom is -0.492 e. The number of furan rings is 1. The fourth-order valence-corrected chi connectivity index (χ4v) is 3.97. The lowest BCUT2D eigenvalue weighted by atomic mass is 9.87. The Bertz CT molecular complexity index is 1110. The third kappa shape index (κ3) is 2.05. The van der Waals surface area contributed by atoms with Gasteiger partial charge in [-0.1, -0.05) is 0 Å². The number of hydrogen-bond donors (Lipinski definition) is 1. The van der Waals surface area contributed by atoms with Crippen molar-refractivity contribution in [1.82, 2.24) is 4.57 Å². The summed E-state index contributed by atoms with van der Waals surface area (Å²) in [5.41, 5.74) is 5.27. The van der Waals surface area contributed by atoms with Gasteiger partial charge in [0, 0.05) is 47.5 Å². The number of aromatic carboxylic acids is 1. The molecule has 2 aromatic heterocycles. The van der Waals surface area contributed by atoms with Crippen molar-refractivity contribution in [3.05, 3.63) is 63.8 Å². The van der Waals surface area contributed by atoms with E-state index in [0.29, 0.717) is 13.2 Å². The van der Waals surface area contributed by atoms with Crippen molar-refractivity contribution in [1.29, 1.82) is 0 Å². The first kappa shape index (κ1) is 15.0. The minimum atomic E-state index is -1.20. The van der Waals surface area contributed by atoms with Crippen LogP contribution in [-0.2, 0) is 19.4 Å². The predicted molar refractivity (Wildman–Crippen MR) is 93.7 cm³/mol. The second-order valence-corrected chi connectivity index (χ2v) is 6.55. The van der Waals surface area contributed by atoms with E-state index in [1.54, 1.807) is 12.5 Å². The summed E-state index contributed by atoms with van der Waals surface area (Å²) >= 11 is 0. The normalized spacial score (nSPS) is 14.3. The Morgan fingerprint density at radius 2 is 2.04 bits per heavy atom. The van der Waals surface area contributed by atoms with E-state index in [-0.39, 0.29) is 5.56 Å². The SMILES string of the molecule is O=C(O)c1cn2c(cc1=O)-c1cc(-c3ccoc3)c3c(c1CC2)CCO3. The van der Waals surface area contributed by atoms with Crippen LogP contribution in [-0.4, -0.2) is 22.2 Å². The van der Waals surface area contributed by atoms with Crippen LogP contribution in [0.4, 0.5) is 0 Å². The van der Waals surface area contributed by atoms with Crippen LogP contribution in [0.5, 0.6) is 5.75 Å². The number of ether oxygens (including phenoxy) is 1. The average Bonchev–Trinajstić information content (AvgIpc) is 3.32. The summed E-state index contributed by atoms with van der Waals surface area (Å²) < 4.78 is 13.0. The number of benzene rings is 1. The lowest BCUT2D eigenvalue weighted by molar-refractivity contribution is 0.0694. The number of hydrogen-bond acceptors (Lipinski definition) is 4. The second-order valence-electron chi connectivity index (χ2n) is 6.55. The van der Waals surface area contributed by atoms with Gasteiger partial charge in [0.15, 0.2) is 5.43 Å². The summed E-state index contributed by atoms with van der Waals surface area (Å²) in [6.45, 7) is 1.28. The molecule has 1 aromatic carbocycles. The molecule has 0 atom stereocenters. The average molecular weight is 349 g/mol. The van der Waals surface area contributed by atoms with Crippen LogP contribution in [0.3, 0.4) is 0 Å². The minimum absolute atomic E-state index is 0.197. The third-order valence-electron chi connectivity index (χ3n) is 5.16. The van der Waals surface area contributed by atoms with E-state index >= 15 is 0 Å². The molecule has 26 heavy (non-hydrogen) atoms. The standard InChI is InChI=1S/C20H15NO5/c22-18-8-17-15-7-14(11-2-5-25-10-11)19-13(3-6-26-19)12(15)1-4-21(17)9-16(18)20(23)24/h2,5,7-10H,1,3-4,6H2,(H,23,24). The fraction of sp³-hybridized carbons (Fsp3) is 0.200. The van der Waals surface area contributed by atoms with Gasteiger partial charge in [-0.05, 0) is 24.1 Å². The molecule has 0 aliphatic carbocycles. The van der Waals surface area contributed by atoms with Crippen molar-refractivity contribution in [3.63, 3.8) is 0 Å². The largest absolute Gasteiger partial charge is 0.492 e. The quantitative estimate of drug-likeness (QED) is 0.769. The molecule has 2 aliphatic heterocycles. The summed E-state index contributed by atoms with van der Waals surface area (Å²) in [6.07, 6.45) is 6.35. The Hall–Kier alpha value is -3.28. The van der Waals surface area contributed by atoms with E-state index in [9.17, 15) is 14.7 Å². The van der Waals surface area contributed by atoms with Crippen LogP contribution in [0.25, 0.3) is 22.4 Å². The fourth-order valence-electron chi connectivity index (χ4n) is 3.97. The molecule has 0 spiro atoms. The van der Waals surface area contributed by atoms with E-state index < -0.39 is 11.4 Å². The molecule has 6 nitrogen and oxygen atoms in total. The van der Waals surface area contributed by atoms with Crippen LogP contribution in [0.15, 0.2) is 46.1 Å². The van der Waals surface area contributed by atoms with Gasteiger partial charge in [-0.15, -0.1) is 0 Å². The zero-order chi connectivity index (χ0) is 17.8. The van der Waals surface area contributed by atoms with Gasteiger partial charge in [0.25, 0.3) is 0 Å². The molecule has 6 heteroatoms. The van der Waals surface area contributed by atoms with Crippen molar-refractivity contribution in [2.24, 2.45) is 0 Å². The highest BCUT2D eigenvalue weighted by Gasteiger charge is 2.28. The van der Waals surface area contributed by atoms with E-state index in [0.717, 1.165) is 41.0 Å². The summed E-state index contributed by atoms with van der Waals surface area (Å²) in [6, 6.07) is 5.34. The Morgan fingerprint density at radius 1 is 1.15 bits per heavy atom. The van der Waals surface area contributed by atoms with Crippen LogP contribution >= 0.6 is 0 Å². The maximum Gasteiger partial charge on any atom is 0.341 e. The van der Waals surface area contributed by atoms with Crippen LogP contribution in [0.2, 0.25) is 0 Å². The lowest BCUT2D eigenvalue weighted by Crippen LogP contribution is -2.22. The topological polar surface area (TPSA) is 81.7 Å². The van der Waals surface area contributed by atoms with Gasteiger partial charge in [0.05, 0.1) is 24.8 Å². The van der Waals surface area contributed by atoms with Crippen molar-refractivity contribution in [3.8, 4) is 28.1 Å². The highest BCUT2D eigenvalue weighted by atomic mass is 16.5. The Morgan fingerprint density at radius 3 is 2.81 bits per heavy atom. The summed E-state index contributed by atoms with van der Waals surface area (Å²) in [5.74, 6) is -0.305. The molecule has 3 aromatic rings. The molecule has 4 heterocycles. The zero-order valence-corrected chi connectivity index (χ0v) is 13.8. The van der Waals surface area contributed by atoms with Gasteiger partial charge in [-0.3, -0.25) is 4.79 Å². The number of nitrogens with zero attached hydrogens (tertiary/aromatic N) is 1. The number of pyridine rings is 1. The molecule has 130 valence electrons. The van der Waals surface area contributed by atoms with Gasteiger partial charge in [-0.25, -0.2) is 4.79 Å². The first-order valence-electron chi connectivity index (χ1n) is 8.46. The molecule has 2 aliphatic rings. The van der Waals surface area contributed by atoms with Crippen molar-refractivity contribution in [2.75, 3.05) is 6.61 Å². The monoisotopic (exact) mass is 349 g/mol. The zero-order valence-electron chi connectivity index (χ0n) is 13.8. The predicted octanol–water partition coefficient (Wildman–Crippen LogP) is 2.96. The van der Waals surface area contributed by atoms with E-state index in [4.69, 9.17) is 9.15 Å². The number of carbonyl (C=O) groups is 1. The lowest BCUT2D eigenvalue weighted by Gasteiger charge is -2.25. The molecule has 0 saturated heterocycles. The third-order valence-corrected chi connectivity index (χ3v) is 5.16. The van der Waals surface area contributed by atoms with E-state index in [1.807, 2.05) is 16.7 Å². The van der Waals surface area contributed by atoms with Crippen LogP contribution < -0.4 is 10.2 Å². The number of carboxylic acid groups (broad SMARTS) is 1. The van der Waals surface area contributed by atoms with Crippen molar-refractivity contribution in [2.45, 2.75) is 19.4 Å². The molecule has 0 saturated carbocycles. The summed E-state index contributed by atoms with van der Waals surface area (Å²) in [4.78, 5) is 23.5. The molecule has 0 bridgehead atoms. The highest BCUT2D eigenvalue weighted by Crippen LogP contribution is 2.45. The molecule has 0 unspecified atom stereocenters. The molecular formula is C20H15NO5. The number of aromatic nitrogens is 1. The van der Waals surface area contributed by atoms with Gasteiger partial charge >= 0.3 is 5.97 Å². The number of aryl methyl sites for hydroxylation is 1. The van der Waals surface area contributed by atoms with Crippen LogP contribution in [0, 0.1) is 0 Å². The maximum absolute atomic E-state index is 12.3. The molecule has 0 radical (unpaired) electrons. The molecule has 0 fully saturated rings. The van der Waals surface area contributed by atoms with Crippen molar-refractivity contribution >= 4 is 5.97 Å². The Balaban J connectivity index is 1.79. The van der Waals surface area contributed by atoms with Gasteiger partial charge in [-0.2, -0.15) is 0 Å². The number of fused-ring (bicyclic) bond motifs is 5. The Kier molecular flexibility index (Phi) is 3.09. The molecule has 1 N–H and O–H groups in total. The molecular weight excluding hydrogens is 334 g/mol. The first-order valence-corrected chi connectivity index (χ1v) is 8.46. The molecule has 0 amide bonds. The van der Waals surface area contributed by atoms with Gasteiger partial charge in [0.2, 0.25) is 0 Å². The van der Waals surface area contributed by atoms with Gasteiger partial charge < -0.3 is 18.8 Å². The smallest absolute Gasteiger partial charge is 0.341 e. The van der Waals surface area contributed by atoms with Crippen LogP contribution in [0.1, 0.15) is 21.5 Å². The molecule has 5 rings (SSSR count). The summed E-state index contributed by atoms with van der Waals surface area (Å²) in [7, 11) is 0. The highest BCUT2D eigenvalue weighted by molar-refractivity contribution is 5.88. The maximum atomic E-state index is 12.3. The number of carboxylic acids is 1. The second kappa shape index (κ2) is 5.36. The van der Waals surface area contributed by atoms with Gasteiger partial charge in [0.1, 0.15) is 11.3 Å².